The number of ether oxygens (including phenoxy) is 1. The third-order valence-corrected chi connectivity index (χ3v) is 5.57. The zero-order valence-corrected chi connectivity index (χ0v) is 19.2. The number of rotatable bonds is 5. The summed E-state index contributed by atoms with van der Waals surface area (Å²) >= 11 is 6.33. The number of aromatic nitrogens is 2. The number of carbonyl (C=O) groups is 2. The Morgan fingerprint density at radius 1 is 1.21 bits per heavy atom. The highest BCUT2D eigenvalue weighted by Gasteiger charge is 2.20. The van der Waals surface area contributed by atoms with Gasteiger partial charge < -0.3 is 20.7 Å². The van der Waals surface area contributed by atoms with Crippen molar-refractivity contribution < 1.29 is 14.3 Å². The van der Waals surface area contributed by atoms with Crippen LogP contribution in [0.2, 0.25) is 5.02 Å². The highest BCUT2D eigenvalue weighted by molar-refractivity contribution is 6.33. The van der Waals surface area contributed by atoms with Crippen LogP contribution < -0.4 is 20.9 Å². The molecule has 2 aromatic carbocycles. The van der Waals surface area contributed by atoms with Gasteiger partial charge in [0, 0.05) is 26.2 Å². The maximum absolute atomic E-state index is 12.4. The lowest BCUT2D eigenvalue weighted by Gasteiger charge is -2.17. The van der Waals surface area contributed by atoms with Crippen molar-refractivity contribution in [1.29, 1.82) is 0 Å². The van der Waals surface area contributed by atoms with Crippen LogP contribution in [0.5, 0.6) is 0 Å². The van der Waals surface area contributed by atoms with E-state index < -0.39 is 0 Å². The van der Waals surface area contributed by atoms with Gasteiger partial charge in [0.2, 0.25) is 5.95 Å². The third kappa shape index (κ3) is 4.68. The molecule has 10 heteroatoms. The van der Waals surface area contributed by atoms with E-state index in [9.17, 15) is 9.59 Å². The molecule has 170 valence electrons. The van der Waals surface area contributed by atoms with Crippen LogP contribution in [0.1, 0.15) is 21.5 Å². The fourth-order valence-corrected chi connectivity index (χ4v) is 3.74. The fourth-order valence-electron chi connectivity index (χ4n) is 3.60. The number of benzene rings is 2. The predicted molar refractivity (Wildman–Crippen MR) is 128 cm³/mol. The largest absolute Gasteiger partial charge is 0.449 e. The number of hydrogen-bond donors (Lipinski definition) is 3. The number of fused-ring (bicyclic) bond motifs is 1. The number of anilines is 5. The number of nitrogens with zero attached hydrogens (tertiary/aromatic N) is 3. The molecule has 2 amide bonds. The minimum absolute atomic E-state index is 0.212. The fraction of sp³-hybridized carbons (Fsp3) is 0.217. The molecule has 0 spiro atoms. The standard InChI is InChI=1S/C23H23ClN6O3/c1-13-5-4-6-17(19(13)21(31)25-2)28-20-16(24)12-26-22(29-20)27-15-7-8-18-14(11-15)9-10-33-23(32)30(18)3/h4-8,11-12H,9-10H2,1-3H3,(H,25,31)(H2,26,27,28,29). The molecule has 1 aliphatic heterocycles. The first-order valence-corrected chi connectivity index (χ1v) is 10.7. The Balaban J connectivity index is 1.61. The first kappa shape index (κ1) is 22.3. The third-order valence-electron chi connectivity index (χ3n) is 5.29. The van der Waals surface area contributed by atoms with Crippen LogP contribution in [0.15, 0.2) is 42.6 Å². The summed E-state index contributed by atoms with van der Waals surface area (Å²) in [6.45, 7) is 2.17. The molecule has 0 fully saturated rings. The molecule has 0 saturated carbocycles. The van der Waals surface area contributed by atoms with Crippen molar-refractivity contribution in [3.8, 4) is 0 Å². The molecule has 1 aromatic heterocycles. The number of amides is 2. The van der Waals surface area contributed by atoms with Crippen LogP contribution in [0.3, 0.4) is 0 Å². The Morgan fingerprint density at radius 2 is 2.03 bits per heavy atom. The lowest BCUT2D eigenvalue weighted by atomic mass is 10.1. The summed E-state index contributed by atoms with van der Waals surface area (Å²) < 4.78 is 5.17. The quantitative estimate of drug-likeness (QED) is 0.511. The number of cyclic esters (lactones) is 1. The van der Waals surface area contributed by atoms with Gasteiger partial charge in [-0.05, 0) is 42.3 Å². The first-order valence-electron chi connectivity index (χ1n) is 10.3. The second kappa shape index (κ2) is 9.33. The zero-order valence-electron chi connectivity index (χ0n) is 18.4. The van der Waals surface area contributed by atoms with E-state index in [1.54, 1.807) is 20.2 Å². The van der Waals surface area contributed by atoms with Gasteiger partial charge >= 0.3 is 6.09 Å². The number of carbonyl (C=O) groups excluding carboxylic acids is 2. The molecule has 4 rings (SSSR count). The van der Waals surface area contributed by atoms with Crippen molar-refractivity contribution in [2.24, 2.45) is 0 Å². The highest BCUT2D eigenvalue weighted by Crippen LogP contribution is 2.30. The average Bonchev–Trinajstić information content (AvgIpc) is 2.94. The Bertz CT molecular complexity index is 1230. The molecule has 0 saturated heterocycles. The second-order valence-electron chi connectivity index (χ2n) is 7.48. The topological polar surface area (TPSA) is 108 Å². The zero-order chi connectivity index (χ0) is 23.5. The maximum Gasteiger partial charge on any atom is 0.414 e. The summed E-state index contributed by atoms with van der Waals surface area (Å²) in [5, 5.41) is 9.28. The van der Waals surface area contributed by atoms with Crippen molar-refractivity contribution >= 4 is 52.4 Å². The summed E-state index contributed by atoms with van der Waals surface area (Å²) in [6.07, 6.45) is 1.71. The molecule has 0 aliphatic carbocycles. The van der Waals surface area contributed by atoms with Crippen molar-refractivity contribution in [1.82, 2.24) is 15.3 Å². The summed E-state index contributed by atoms with van der Waals surface area (Å²) in [4.78, 5) is 34.5. The van der Waals surface area contributed by atoms with Gasteiger partial charge in [-0.25, -0.2) is 9.78 Å². The van der Waals surface area contributed by atoms with E-state index in [4.69, 9.17) is 16.3 Å². The average molecular weight is 467 g/mol. The summed E-state index contributed by atoms with van der Waals surface area (Å²) in [6, 6.07) is 11.1. The molecular formula is C23H23ClN6O3. The molecule has 1 aliphatic rings. The minimum Gasteiger partial charge on any atom is -0.449 e. The minimum atomic E-state index is -0.376. The summed E-state index contributed by atoms with van der Waals surface area (Å²) in [5.41, 5.74) is 4.43. The first-order chi connectivity index (χ1) is 15.9. The number of aryl methyl sites for hydroxylation is 1. The molecular weight excluding hydrogens is 444 g/mol. The van der Waals surface area contributed by atoms with E-state index in [-0.39, 0.29) is 12.0 Å². The van der Waals surface area contributed by atoms with E-state index in [0.717, 1.165) is 22.5 Å². The molecule has 0 unspecified atom stereocenters. The summed E-state index contributed by atoms with van der Waals surface area (Å²) in [7, 11) is 3.26. The molecule has 2 heterocycles. The van der Waals surface area contributed by atoms with Crippen LogP contribution in [0, 0.1) is 6.92 Å². The van der Waals surface area contributed by atoms with Gasteiger partial charge in [0.25, 0.3) is 5.91 Å². The molecule has 0 radical (unpaired) electrons. The lowest BCUT2D eigenvalue weighted by Crippen LogP contribution is -2.25. The van der Waals surface area contributed by atoms with Crippen LogP contribution in [-0.4, -0.2) is 42.7 Å². The second-order valence-corrected chi connectivity index (χ2v) is 7.89. The van der Waals surface area contributed by atoms with Crippen LogP contribution in [0.4, 0.5) is 33.6 Å². The van der Waals surface area contributed by atoms with Gasteiger partial charge in [-0.2, -0.15) is 4.98 Å². The van der Waals surface area contributed by atoms with Crippen molar-refractivity contribution in [3.63, 3.8) is 0 Å². The molecule has 0 bridgehead atoms. The van der Waals surface area contributed by atoms with Crippen LogP contribution in [-0.2, 0) is 11.2 Å². The smallest absolute Gasteiger partial charge is 0.414 e. The van der Waals surface area contributed by atoms with Crippen molar-refractivity contribution in [2.45, 2.75) is 13.3 Å². The number of nitrogens with one attached hydrogen (secondary N) is 3. The van der Waals surface area contributed by atoms with Crippen LogP contribution in [0.25, 0.3) is 0 Å². The van der Waals surface area contributed by atoms with E-state index in [1.165, 1.54) is 11.1 Å². The molecule has 9 nitrogen and oxygen atoms in total. The van der Waals surface area contributed by atoms with E-state index in [0.29, 0.717) is 41.1 Å². The molecule has 0 atom stereocenters. The van der Waals surface area contributed by atoms with Gasteiger partial charge in [0.15, 0.2) is 5.82 Å². The normalized spacial score (nSPS) is 13.0. The Morgan fingerprint density at radius 3 is 2.82 bits per heavy atom. The molecule has 33 heavy (non-hydrogen) atoms. The van der Waals surface area contributed by atoms with Gasteiger partial charge in [0.1, 0.15) is 5.02 Å². The molecule has 3 N–H and O–H groups in total. The predicted octanol–water partition coefficient (Wildman–Crippen LogP) is 4.41. The lowest BCUT2D eigenvalue weighted by molar-refractivity contribution is 0.0963. The van der Waals surface area contributed by atoms with Crippen molar-refractivity contribution in [2.75, 3.05) is 36.2 Å². The Kier molecular flexibility index (Phi) is 6.32. The van der Waals surface area contributed by atoms with E-state index >= 15 is 0 Å². The monoisotopic (exact) mass is 466 g/mol. The van der Waals surface area contributed by atoms with Crippen molar-refractivity contribution in [3.05, 3.63) is 64.3 Å². The van der Waals surface area contributed by atoms with Crippen LogP contribution >= 0.6 is 11.6 Å². The Labute approximate surface area is 196 Å². The van der Waals surface area contributed by atoms with Gasteiger partial charge in [-0.3, -0.25) is 9.69 Å². The van der Waals surface area contributed by atoms with Gasteiger partial charge in [0.05, 0.1) is 29.7 Å². The molecule has 3 aromatic rings. The van der Waals surface area contributed by atoms with Gasteiger partial charge in [-0.1, -0.05) is 23.7 Å². The highest BCUT2D eigenvalue weighted by atomic mass is 35.5. The number of hydrogen-bond acceptors (Lipinski definition) is 7. The van der Waals surface area contributed by atoms with E-state index in [2.05, 4.69) is 25.9 Å². The maximum atomic E-state index is 12.4. The SMILES string of the molecule is CNC(=O)c1c(C)cccc1Nc1nc(Nc2ccc3c(c2)CCOC(=O)N3C)ncc1Cl. The number of halogens is 1. The summed E-state index contributed by atoms with van der Waals surface area (Å²) in [5.74, 6) is 0.472. The Hall–Kier alpha value is -3.85. The van der Waals surface area contributed by atoms with E-state index in [1.807, 2.05) is 37.3 Å². The van der Waals surface area contributed by atoms with Gasteiger partial charge in [-0.15, -0.1) is 0 Å².